The van der Waals surface area contributed by atoms with Crippen molar-refractivity contribution in [2.24, 2.45) is 5.73 Å². The molecule has 0 saturated heterocycles. The quantitative estimate of drug-likeness (QED) is 0.825. The van der Waals surface area contributed by atoms with Crippen LogP contribution in [0.3, 0.4) is 0 Å². The lowest BCUT2D eigenvalue weighted by Crippen LogP contribution is -2.17. The van der Waals surface area contributed by atoms with Crippen LogP contribution in [0.4, 0.5) is 13.2 Å². The number of carbonyl (C=O) groups is 2. The van der Waals surface area contributed by atoms with Crippen molar-refractivity contribution < 1.29 is 27.5 Å². The fourth-order valence-corrected chi connectivity index (χ4v) is 1.33. The summed E-state index contributed by atoms with van der Waals surface area (Å²) in [5.74, 6) is -1.79. The van der Waals surface area contributed by atoms with Crippen LogP contribution in [0.25, 0.3) is 0 Å². The molecule has 0 fully saturated rings. The molecule has 17 heavy (non-hydrogen) atoms. The summed E-state index contributed by atoms with van der Waals surface area (Å²) < 4.78 is 42.5. The molecule has 1 aromatic carbocycles. The zero-order valence-corrected chi connectivity index (χ0v) is 8.67. The fraction of sp³-hybridized carbons (Fsp3) is 0.200. The number of hydrogen-bond donors (Lipinski definition) is 1. The number of benzene rings is 1. The average molecular weight is 247 g/mol. The van der Waals surface area contributed by atoms with Crippen LogP contribution in [0.1, 0.15) is 26.3 Å². The predicted molar refractivity (Wildman–Crippen MR) is 51.9 cm³/mol. The molecule has 0 aromatic heterocycles. The molecule has 0 aliphatic heterocycles. The Balaban J connectivity index is 3.62. The SMILES string of the molecule is COc1c(C(N)=O)cc(C=O)cc1C(F)(F)F. The van der Waals surface area contributed by atoms with Crippen molar-refractivity contribution in [3.05, 3.63) is 28.8 Å². The molecule has 0 spiro atoms. The summed E-state index contributed by atoms with van der Waals surface area (Å²) in [7, 11) is 0.984. The van der Waals surface area contributed by atoms with E-state index >= 15 is 0 Å². The molecule has 1 aromatic rings. The largest absolute Gasteiger partial charge is 0.495 e. The highest BCUT2D eigenvalue weighted by atomic mass is 19.4. The number of alkyl halides is 3. The number of amides is 1. The molecule has 0 atom stereocenters. The summed E-state index contributed by atoms with van der Waals surface area (Å²) in [4.78, 5) is 21.5. The van der Waals surface area contributed by atoms with Gasteiger partial charge in [0, 0.05) is 5.56 Å². The number of ether oxygens (including phenoxy) is 1. The Labute approximate surface area is 94.2 Å². The fourth-order valence-electron chi connectivity index (χ4n) is 1.33. The van der Waals surface area contributed by atoms with Gasteiger partial charge in [0.1, 0.15) is 12.0 Å². The number of nitrogens with two attached hydrogens (primary N) is 1. The van der Waals surface area contributed by atoms with Crippen LogP contribution in [0.2, 0.25) is 0 Å². The third-order valence-corrected chi connectivity index (χ3v) is 2.02. The second-order valence-electron chi connectivity index (χ2n) is 3.13. The first-order chi connectivity index (χ1) is 7.81. The van der Waals surface area contributed by atoms with Crippen LogP contribution < -0.4 is 10.5 Å². The number of halogens is 3. The van der Waals surface area contributed by atoms with Crippen LogP contribution in [0.5, 0.6) is 5.75 Å². The third kappa shape index (κ3) is 2.55. The highest BCUT2D eigenvalue weighted by molar-refractivity contribution is 5.98. The van der Waals surface area contributed by atoms with E-state index in [2.05, 4.69) is 4.74 Å². The zero-order chi connectivity index (χ0) is 13.2. The van der Waals surface area contributed by atoms with E-state index in [1.807, 2.05) is 0 Å². The van der Waals surface area contributed by atoms with Gasteiger partial charge in [-0.25, -0.2) is 0 Å². The monoisotopic (exact) mass is 247 g/mol. The van der Waals surface area contributed by atoms with E-state index in [0.717, 1.165) is 13.2 Å². The topological polar surface area (TPSA) is 69.4 Å². The van der Waals surface area contributed by atoms with Crippen LogP contribution in [-0.2, 0) is 6.18 Å². The van der Waals surface area contributed by atoms with Gasteiger partial charge in [-0.3, -0.25) is 9.59 Å². The van der Waals surface area contributed by atoms with Crippen molar-refractivity contribution in [3.63, 3.8) is 0 Å². The molecule has 0 radical (unpaired) electrons. The van der Waals surface area contributed by atoms with Gasteiger partial charge in [-0.15, -0.1) is 0 Å². The van der Waals surface area contributed by atoms with Gasteiger partial charge in [-0.1, -0.05) is 0 Å². The number of rotatable bonds is 3. The van der Waals surface area contributed by atoms with Crippen LogP contribution in [-0.4, -0.2) is 19.3 Å². The summed E-state index contributed by atoms with van der Waals surface area (Å²) >= 11 is 0. The molecule has 0 aliphatic rings. The standard InChI is InChI=1S/C10H8F3NO3/c1-17-8-6(9(14)16)2-5(4-15)3-7(8)10(11,12)13/h2-4H,1H3,(H2,14,16). The number of methoxy groups -OCH3 is 1. The minimum absolute atomic E-state index is 0.196. The van der Waals surface area contributed by atoms with E-state index in [0.29, 0.717) is 6.07 Å². The molecule has 0 heterocycles. The van der Waals surface area contributed by atoms with E-state index in [9.17, 15) is 22.8 Å². The van der Waals surface area contributed by atoms with E-state index < -0.39 is 29.0 Å². The summed E-state index contributed by atoms with van der Waals surface area (Å²) in [5, 5.41) is 0. The zero-order valence-electron chi connectivity index (χ0n) is 8.67. The molecular formula is C10H8F3NO3. The maximum absolute atomic E-state index is 12.6. The molecular weight excluding hydrogens is 239 g/mol. The van der Waals surface area contributed by atoms with Crippen LogP contribution >= 0.6 is 0 Å². The van der Waals surface area contributed by atoms with E-state index in [-0.39, 0.29) is 11.8 Å². The summed E-state index contributed by atoms with van der Waals surface area (Å²) in [6, 6.07) is 1.54. The van der Waals surface area contributed by atoms with Gasteiger partial charge in [0.05, 0.1) is 18.2 Å². The molecule has 1 rings (SSSR count). The minimum atomic E-state index is -4.74. The molecule has 1 amide bonds. The average Bonchev–Trinajstić information content (AvgIpc) is 2.25. The molecule has 7 heteroatoms. The maximum atomic E-state index is 12.6. The number of hydrogen-bond acceptors (Lipinski definition) is 3. The first-order valence-electron chi connectivity index (χ1n) is 4.35. The smallest absolute Gasteiger partial charge is 0.420 e. The first-order valence-corrected chi connectivity index (χ1v) is 4.35. The van der Waals surface area contributed by atoms with Crippen LogP contribution in [0.15, 0.2) is 12.1 Å². The summed E-state index contributed by atoms with van der Waals surface area (Å²) in [6.07, 6.45) is -4.55. The Morgan fingerprint density at radius 1 is 1.41 bits per heavy atom. The summed E-state index contributed by atoms with van der Waals surface area (Å²) in [6.45, 7) is 0. The van der Waals surface area contributed by atoms with Crippen LogP contribution in [0, 0.1) is 0 Å². The van der Waals surface area contributed by atoms with Gasteiger partial charge in [-0.05, 0) is 12.1 Å². The van der Waals surface area contributed by atoms with Crippen molar-refractivity contribution in [1.29, 1.82) is 0 Å². The Morgan fingerprint density at radius 3 is 2.35 bits per heavy atom. The molecule has 0 aliphatic carbocycles. The molecule has 4 nitrogen and oxygen atoms in total. The predicted octanol–water partition coefficient (Wildman–Crippen LogP) is 1.63. The Hall–Kier alpha value is -2.05. The van der Waals surface area contributed by atoms with E-state index in [4.69, 9.17) is 5.73 Å². The number of primary amides is 1. The lowest BCUT2D eigenvalue weighted by molar-refractivity contribution is -0.138. The van der Waals surface area contributed by atoms with E-state index in [1.54, 1.807) is 0 Å². The minimum Gasteiger partial charge on any atom is -0.495 e. The van der Waals surface area contributed by atoms with Crippen molar-refractivity contribution >= 4 is 12.2 Å². The molecule has 0 saturated carbocycles. The second kappa shape index (κ2) is 4.44. The normalized spacial score (nSPS) is 11.1. The third-order valence-electron chi connectivity index (χ3n) is 2.02. The highest BCUT2D eigenvalue weighted by Crippen LogP contribution is 2.38. The molecule has 92 valence electrons. The summed E-state index contributed by atoms with van der Waals surface area (Å²) in [5.41, 5.74) is 2.93. The van der Waals surface area contributed by atoms with Crippen molar-refractivity contribution in [1.82, 2.24) is 0 Å². The van der Waals surface area contributed by atoms with E-state index in [1.165, 1.54) is 0 Å². The molecule has 0 unspecified atom stereocenters. The first kappa shape index (κ1) is 13.0. The van der Waals surface area contributed by atoms with Gasteiger partial charge < -0.3 is 10.5 Å². The Bertz CT molecular complexity index is 469. The Morgan fingerprint density at radius 2 is 2.00 bits per heavy atom. The molecule has 0 bridgehead atoms. The van der Waals surface area contributed by atoms with Crippen molar-refractivity contribution in [3.8, 4) is 5.75 Å². The van der Waals surface area contributed by atoms with Gasteiger partial charge in [0.2, 0.25) is 0 Å². The van der Waals surface area contributed by atoms with Gasteiger partial charge in [0.15, 0.2) is 0 Å². The van der Waals surface area contributed by atoms with Crippen molar-refractivity contribution in [2.45, 2.75) is 6.18 Å². The highest BCUT2D eigenvalue weighted by Gasteiger charge is 2.36. The van der Waals surface area contributed by atoms with Gasteiger partial charge >= 0.3 is 6.18 Å². The second-order valence-corrected chi connectivity index (χ2v) is 3.13. The van der Waals surface area contributed by atoms with Gasteiger partial charge in [0.25, 0.3) is 5.91 Å². The number of aldehydes is 1. The lowest BCUT2D eigenvalue weighted by atomic mass is 10.0. The molecule has 2 N–H and O–H groups in total. The lowest BCUT2D eigenvalue weighted by Gasteiger charge is -2.14. The maximum Gasteiger partial charge on any atom is 0.420 e. The van der Waals surface area contributed by atoms with Crippen molar-refractivity contribution in [2.75, 3.05) is 7.11 Å². The van der Waals surface area contributed by atoms with Gasteiger partial charge in [-0.2, -0.15) is 13.2 Å². The number of carbonyl (C=O) groups excluding carboxylic acids is 2. The Kier molecular flexibility index (Phi) is 3.40.